The van der Waals surface area contributed by atoms with Crippen LogP contribution in [0.5, 0.6) is 0 Å². The Balaban J connectivity index is 5.24. The van der Waals surface area contributed by atoms with Gasteiger partial charge >= 0.3 is 16.4 Å². The lowest BCUT2D eigenvalue weighted by Crippen LogP contribution is -2.42. The van der Waals surface area contributed by atoms with Crippen molar-refractivity contribution in [1.82, 2.24) is 0 Å². The van der Waals surface area contributed by atoms with Crippen LogP contribution in [0.2, 0.25) is 0 Å². The summed E-state index contributed by atoms with van der Waals surface area (Å²) in [5.74, 6) is 0. The van der Waals surface area contributed by atoms with Crippen molar-refractivity contribution in [3.05, 3.63) is 0 Å². The Bertz CT molecular complexity index is 464. The third-order valence-corrected chi connectivity index (χ3v) is 13.7. The van der Waals surface area contributed by atoms with Gasteiger partial charge in [-0.1, -0.05) is 0 Å². The Morgan fingerprint density at radius 1 is 1.00 bits per heavy atom. The standard InChI is InChI=1S/C2H4N2O7S2Si2/c3-1-14(2-4)11-15(12(5,6)7)13(8,9)10/h14-15H,(H,5,6,7)(H,8,9,10). The first-order chi connectivity index (χ1) is 6.62. The smallest absolute Gasteiger partial charge is 0.414 e. The highest BCUT2D eigenvalue weighted by Crippen LogP contribution is 2.04. The van der Waals surface area contributed by atoms with Crippen LogP contribution in [0.3, 0.4) is 0 Å². The van der Waals surface area contributed by atoms with E-state index < -0.39 is 35.5 Å². The molecule has 2 N–H and O–H groups in total. The van der Waals surface area contributed by atoms with Crippen LogP contribution in [0, 0.1) is 21.9 Å². The molecule has 84 valence electrons. The van der Waals surface area contributed by atoms with Gasteiger partial charge in [0.05, 0.1) is 11.4 Å². The normalized spacial score (nSPS) is 12.4. The molecule has 0 saturated carbocycles. The lowest BCUT2D eigenvalue weighted by atomic mass is 11.7. The molecule has 0 rings (SSSR count). The van der Waals surface area contributed by atoms with Crippen LogP contribution in [-0.2, 0) is 23.3 Å². The van der Waals surface area contributed by atoms with Crippen molar-refractivity contribution in [2.45, 2.75) is 0 Å². The SMILES string of the molecule is N#C[SiH](C#N)O[SiH](S(=O)(=O)O)S(=O)(=O)O. The van der Waals surface area contributed by atoms with Crippen LogP contribution in [0.1, 0.15) is 0 Å². The van der Waals surface area contributed by atoms with Gasteiger partial charge in [-0.05, 0) is 0 Å². The van der Waals surface area contributed by atoms with E-state index >= 15 is 0 Å². The van der Waals surface area contributed by atoms with Crippen molar-refractivity contribution in [3.63, 3.8) is 0 Å². The molecular formula is C2H4N2O7S2Si2. The van der Waals surface area contributed by atoms with E-state index in [9.17, 15) is 16.8 Å². The molecule has 0 aromatic carbocycles. The van der Waals surface area contributed by atoms with Crippen LogP contribution in [0.15, 0.2) is 0 Å². The summed E-state index contributed by atoms with van der Waals surface area (Å²) in [7, 11) is -18.1. The molecular weight excluding hydrogens is 284 g/mol. The summed E-state index contributed by atoms with van der Waals surface area (Å²) in [6.45, 7) is 0. The Morgan fingerprint density at radius 3 is 1.53 bits per heavy atom. The van der Waals surface area contributed by atoms with E-state index in [0.29, 0.717) is 0 Å². The molecule has 0 aliphatic heterocycles. The summed E-state index contributed by atoms with van der Waals surface area (Å²) in [5, 5.41) is 16.5. The molecule has 9 nitrogen and oxygen atoms in total. The Hall–Kier alpha value is -0.806. The monoisotopic (exact) mass is 288 g/mol. The second kappa shape index (κ2) is 4.81. The maximum absolute atomic E-state index is 10.5. The molecule has 0 aromatic heterocycles. The molecule has 0 amide bonds. The third kappa shape index (κ3) is 4.49. The molecule has 0 aliphatic rings. The number of hydrogen-bond acceptors (Lipinski definition) is 7. The summed E-state index contributed by atoms with van der Waals surface area (Å²) < 4.78 is 63.0. The van der Waals surface area contributed by atoms with E-state index in [0.717, 1.165) is 0 Å². The summed E-state index contributed by atoms with van der Waals surface area (Å²) in [6, 6.07) is 0. The van der Waals surface area contributed by atoms with E-state index in [4.69, 9.17) is 19.6 Å². The molecule has 0 aliphatic carbocycles. The molecule has 0 atom stereocenters. The van der Waals surface area contributed by atoms with Gasteiger partial charge in [-0.15, -0.1) is 0 Å². The minimum Gasteiger partial charge on any atom is -0.414 e. The Labute approximate surface area is 87.7 Å². The maximum Gasteiger partial charge on any atom is 0.502 e. The van der Waals surface area contributed by atoms with E-state index in [1.807, 2.05) is 0 Å². The molecule has 15 heavy (non-hydrogen) atoms. The molecule has 0 unspecified atom stereocenters. The zero-order valence-electron chi connectivity index (χ0n) is 6.80. The lowest BCUT2D eigenvalue weighted by Gasteiger charge is -2.08. The highest BCUT2D eigenvalue weighted by molar-refractivity contribution is 8.42. The van der Waals surface area contributed by atoms with Crippen LogP contribution in [-0.4, -0.2) is 42.3 Å². The molecule has 0 fully saturated rings. The molecule has 0 aromatic rings. The van der Waals surface area contributed by atoms with Gasteiger partial charge in [0.1, 0.15) is 0 Å². The number of nitriles is 2. The van der Waals surface area contributed by atoms with Gasteiger partial charge in [-0.2, -0.15) is 0 Å². The van der Waals surface area contributed by atoms with Crippen LogP contribution >= 0.6 is 0 Å². The molecule has 0 radical (unpaired) electrons. The van der Waals surface area contributed by atoms with Gasteiger partial charge in [-0.25, -0.2) is 27.4 Å². The second-order valence-electron chi connectivity index (χ2n) is 2.09. The minimum atomic E-state index is -5.13. The minimum absolute atomic E-state index is 1.27. The van der Waals surface area contributed by atoms with E-state index in [-0.39, 0.29) is 0 Å². The van der Waals surface area contributed by atoms with Crippen molar-refractivity contribution in [2.75, 3.05) is 0 Å². The largest absolute Gasteiger partial charge is 0.502 e. The van der Waals surface area contributed by atoms with Gasteiger partial charge in [0.2, 0.25) is 0 Å². The quantitative estimate of drug-likeness (QED) is 0.414. The first-order valence-electron chi connectivity index (χ1n) is 3.00. The first-order valence-corrected chi connectivity index (χ1v) is 10.9. The van der Waals surface area contributed by atoms with E-state index in [2.05, 4.69) is 4.12 Å². The third-order valence-electron chi connectivity index (χ3n) is 0.968. The predicted molar refractivity (Wildman–Crippen MR) is 49.7 cm³/mol. The zero-order chi connectivity index (χ0) is 12.3. The van der Waals surface area contributed by atoms with Crippen LogP contribution in [0.4, 0.5) is 0 Å². The van der Waals surface area contributed by atoms with Crippen LogP contribution < -0.4 is 0 Å². The molecule has 0 bridgehead atoms. The Kier molecular flexibility index (Phi) is 4.55. The van der Waals surface area contributed by atoms with Gasteiger partial charge < -0.3 is 4.12 Å². The number of rotatable bonds is 4. The highest BCUT2D eigenvalue weighted by Gasteiger charge is 2.44. The lowest BCUT2D eigenvalue weighted by molar-refractivity contribution is 0.478. The summed E-state index contributed by atoms with van der Waals surface area (Å²) >= 11 is 0. The van der Waals surface area contributed by atoms with Gasteiger partial charge in [0.15, 0.2) is 0 Å². The summed E-state index contributed by atoms with van der Waals surface area (Å²) in [5.41, 5.74) is 2.53. The fourth-order valence-electron chi connectivity index (χ4n) is 0.495. The topological polar surface area (TPSA) is 166 Å². The van der Waals surface area contributed by atoms with Crippen molar-refractivity contribution < 1.29 is 30.1 Å². The summed E-state index contributed by atoms with van der Waals surface area (Å²) in [6.07, 6.45) is 0. The van der Waals surface area contributed by atoms with E-state index in [1.54, 1.807) is 0 Å². The maximum atomic E-state index is 10.5. The van der Waals surface area contributed by atoms with Crippen molar-refractivity contribution in [3.8, 4) is 11.4 Å². The van der Waals surface area contributed by atoms with Crippen LogP contribution in [0.25, 0.3) is 0 Å². The van der Waals surface area contributed by atoms with Crippen molar-refractivity contribution in [1.29, 1.82) is 10.5 Å². The van der Waals surface area contributed by atoms with E-state index in [1.165, 1.54) is 11.4 Å². The fourth-order valence-corrected chi connectivity index (χ4v) is 11.6. The molecule has 0 heterocycles. The first kappa shape index (κ1) is 14.2. The second-order valence-corrected chi connectivity index (χ2v) is 14.1. The Morgan fingerprint density at radius 2 is 1.33 bits per heavy atom. The number of nitrogens with zero attached hydrogens (tertiary/aromatic N) is 2. The average molecular weight is 288 g/mol. The van der Waals surface area contributed by atoms with Crippen molar-refractivity contribution in [2.24, 2.45) is 0 Å². The zero-order valence-corrected chi connectivity index (χ0v) is 10.7. The van der Waals surface area contributed by atoms with Crippen molar-refractivity contribution >= 4 is 35.5 Å². The predicted octanol–water partition coefficient (Wildman–Crippen LogP) is -2.65. The fraction of sp³-hybridized carbons (Fsp3) is 0. The highest BCUT2D eigenvalue weighted by atomic mass is 32.6. The van der Waals surface area contributed by atoms with Gasteiger partial charge in [0, 0.05) is 0 Å². The molecule has 13 heteroatoms. The molecule has 0 saturated heterocycles. The van der Waals surface area contributed by atoms with Gasteiger partial charge in [-0.3, -0.25) is 9.11 Å². The van der Waals surface area contributed by atoms with Gasteiger partial charge in [0.25, 0.3) is 19.1 Å². The summed E-state index contributed by atoms with van der Waals surface area (Å²) in [4.78, 5) is 0. The average Bonchev–Trinajstić information content (AvgIpc) is 2.01. The number of hydrogen-bond donors (Lipinski definition) is 2. The molecule has 0 spiro atoms.